The van der Waals surface area contributed by atoms with E-state index >= 15 is 0 Å². The van der Waals surface area contributed by atoms with Crippen LogP contribution in [0.25, 0.3) is 6.08 Å². The molecule has 0 atom stereocenters. The van der Waals surface area contributed by atoms with Crippen LogP contribution in [0, 0.1) is 11.3 Å². The molecule has 136 valence electrons. The highest BCUT2D eigenvalue weighted by atomic mass is 16.5. The van der Waals surface area contributed by atoms with Crippen LogP contribution in [0.4, 0.5) is 5.69 Å². The molecule has 2 aromatic rings. The maximum absolute atomic E-state index is 12.2. The predicted molar refractivity (Wildman–Crippen MR) is 95.2 cm³/mol. The van der Waals surface area contributed by atoms with Crippen molar-refractivity contribution in [2.75, 3.05) is 11.9 Å². The molecular weight excluding hydrogens is 352 g/mol. The standard InChI is InChI=1S/C19H14N2O6/c20-10-14(8-12-4-6-16(7-5-12)27-11-17(22)23)18(24)21-15-3-1-2-13(9-15)19(25)26/h1-9H,11H2,(H,21,24)(H,22,23)(H,25,26)/b14-8-. The van der Waals surface area contributed by atoms with Gasteiger partial charge in [-0.1, -0.05) is 18.2 Å². The van der Waals surface area contributed by atoms with Gasteiger partial charge in [0.05, 0.1) is 5.56 Å². The highest BCUT2D eigenvalue weighted by Gasteiger charge is 2.11. The van der Waals surface area contributed by atoms with Gasteiger partial charge in [-0.25, -0.2) is 9.59 Å². The molecule has 8 nitrogen and oxygen atoms in total. The van der Waals surface area contributed by atoms with Crippen LogP contribution in [0.3, 0.4) is 0 Å². The normalized spacial score (nSPS) is 10.6. The van der Waals surface area contributed by atoms with Crippen molar-refractivity contribution in [2.24, 2.45) is 0 Å². The molecule has 0 aromatic heterocycles. The van der Waals surface area contributed by atoms with Gasteiger partial charge in [-0.3, -0.25) is 4.79 Å². The van der Waals surface area contributed by atoms with Crippen LogP contribution >= 0.6 is 0 Å². The van der Waals surface area contributed by atoms with E-state index in [9.17, 15) is 19.6 Å². The Kier molecular flexibility index (Phi) is 6.28. The second-order valence-electron chi connectivity index (χ2n) is 5.26. The highest BCUT2D eigenvalue weighted by Crippen LogP contribution is 2.16. The van der Waals surface area contributed by atoms with Crippen molar-refractivity contribution in [3.05, 3.63) is 65.2 Å². The minimum absolute atomic E-state index is 0.00670. The number of ether oxygens (including phenoxy) is 1. The van der Waals surface area contributed by atoms with Crippen molar-refractivity contribution in [3.63, 3.8) is 0 Å². The fourth-order valence-corrected chi connectivity index (χ4v) is 2.05. The molecule has 1 amide bonds. The quantitative estimate of drug-likeness (QED) is 0.505. The maximum atomic E-state index is 12.2. The van der Waals surface area contributed by atoms with E-state index in [1.165, 1.54) is 42.5 Å². The summed E-state index contributed by atoms with van der Waals surface area (Å²) in [6, 6.07) is 13.6. The summed E-state index contributed by atoms with van der Waals surface area (Å²) in [6.45, 7) is -0.476. The minimum atomic E-state index is -1.13. The molecule has 8 heteroatoms. The third-order valence-corrected chi connectivity index (χ3v) is 3.29. The van der Waals surface area contributed by atoms with Gasteiger partial charge in [0.15, 0.2) is 6.61 Å². The molecular formula is C19H14N2O6. The van der Waals surface area contributed by atoms with Crippen molar-refractivity contribution in [1.82, 2.24) is 0 Å². The van der Waals surface area contributed by atoms with Crippen LogP contribution in [0.2, 0.25) is 0 Å². The van der Waals surface area contributed by atoms with Gasteiger partial charge in [-0.15, -0.1) is 0 Å². The summed E-state index contributed by atoms with van der Waals surface area (Å²) in [6.07, 6.45) is 1.34. The lowest BCUT2D eigenvalue weighted by molar-refractivity contribution is -0.139. The Labute approximate surface area is 153 Å². The molecule has 0 unspecified atom stereocenters. The van der Waals surface area contributed by atoms with E-state index in [2.05, 4.69) is 5.32 Å². The SMILES string of the molecule is N#C/C(=C/c1ccc(OCC(=O)O)cc1)C(=O)Nc1cccc(C(=O)O)c1. The van der Waals surface area contributed by atoms with Crippen LogP contribution in [0.1, 0.15) is 15.9 Å². The Balaban J connectivity index is 2.12. The summed E-state index contributed by atoms with van der Waals surface area (Å²) < 4.78 is 5.00. The van der Waals surface area contributed by atoms with Crippen molar-refractivity contribution in [1.29, 1.82) is 5.26 Å². The molecule has 0 radical (unpaired) electrons. The Hall–Kier alpha value is -4.12. The van der Waals surface area contributed by atoms with Crippen LogP contribution < -0.4 is 10.1 Å². The van der Waals surface area contributed by atoms with E-state index in [1.54, 1.807) is 18.2 Å². The van der Waals surface area contributed by atoms with Crippen LogP contribution in [0.5, 0.6) is 5.75 Å². The number of nitriles is 1. The fourth-order valence-electron chi connectivity index (χ4n) is 2.05. The molecule has 0 aliphatic rings. The lowest BCUT2D eigenvalue weighted by Gasteiger charge is -2.06. The van der Waals surface area contributed by atoms with E-state index in [-0.39, 0.29) is 16.8 Å². The molecule has 3 N–H and O–H groups in total. The molecule has 2 rings (SSSR count). The molecule has 0 saturated carbocycles. The first-order chi connectivity index (χ1) is 12.9. The summed E-state index contributed by atoms with van der Waals surface area (Å²) in [5, 5.41) is 29.2. The van der Waals surface area contributed by atoms with Gasteiger partial charge in [0.25, 0.3) is 5.91 Å². The smallest absolute Gasteiger partial charge is 0.341 e. The summed E-state index contributed by atoms with van der Waals surface area (Å²) in [5.74, 6) is -2.59. The second kappa shape index (κ2) is 8.82. The molecule has 2 aromatic carbocycles. The first-order valence-electron chi connectivity index (χ1n) is 7.60. The third kappa shape index (κ3) is 5.72. The van der Waals surface area contributed by atoms with Crippen molar-refractivity contribution in [3.8, 4) is 11.8 Å². The maximum Gasteiger partial charge on any atom is 0.341 e. The molecule has 0 fully saturated rings. The number of anilines is 1. The number of benzene rings is 2. The molecule has 0 saturated heterocycles. The van der Waals surface area contributed by atoms with E-state index in [0.717, 1.165) is 0 Å². The summed E-state index contributed by atoms with van der Waals surface area (Å²) >= 11 is 0. The average Bonchev–Trinajstić information content (AvgIpc) is 2.65. The monoisotopic (exact) mass is 366 g/mol. The van der Waals surface area contributed by atoms with Crippen LogP contribution in [-0.2, 0) is 9.59 Å². The average molecular weight is 366 g/mol. The number of nitrogens with zero attached hydrogens (tertiary/aromatic N) is 1. The zero-order valence-electron chi connectivity index (χ0n) is 13.9. The second-order valence-corrected chi connectivity index (χ2v) is 5.26. The lowest BCUT2D eigenvalue weighted by atomic mass is 10.1. The van der Waals surface area contributed by atoms with Crippen molar-refractivity contribution >= 4 is 29.6 Å². The predicted octanol–water partition coefficient (Wildman–Crippen LogP) is 2.39. The number of aliphatic carboxylic acids is 1. The first kappa shape index (κ1) is 19.2. The first-order valence-corrected chi connectivity index (χ1v) is 7.60. The Morgan fingerprint density at radius 3 is 2.41 bits per heavy atom. The van der Waals surface area contributed by atoms with Gasteiger partial charge in [-0.2, -0.15) is 5.26 Å². The number of carboxylic acid groups (broad SMARTS) is 2. The molecule has 0 bridgehead atoms. The van der Waals surface area contributed by atoms with Gasteiger partial charge in [0.2, 0.25) is 0 Å². The van der Waals surface area contributed by atoms with Crippen LogP contribution in [-0.4, -0.2) is 34.7 Å². The Morgan fingerprint density at radius 1 is 1.11 bits per heavy atom. The fraction of sp³-hybridized carbons (Fsp3) is 0.0526. The van der Waals surface area contributed by atoms with E-state index < -0.39 is 24.5 Å². The molecule has 0 aliphatic heterocycles. The van der Waals surface area contributed by atoms with Gasteiger partial charge >= 0.3 is 11.9 Å². The van der Waals surface area contributed by atoms with Crippen LogP contribution in [0.15, 0.2) is 54.1 Å². The number of carbonyl (C=O) groups excluding carboxylic acids is 1. The minimum Gasteiger partial charge on any atom is -0.482 e. The number of nitrogens with one attached hydrogen (secondary N) is 1. The largest absolute Gasteiger partial charge is 0.482 e. The zero-order valence-corrected chi connectivity index (χ0v) is 13.9. The van der Waals surface area contributed by atoms with Gasteiger partial charge in [0, 0.05) is 5.69 Å². The molecule has 27 heavy (non-hydrogen) atoms. The molecule has 0 aliphatic carbocycles. The molecule has 0 spiro atoms. The molecule has 0 heterocycles. The number of amides is 1. The summed E-state index contributed by atoms with van der Waals surface area (Å²) in [4.78, 5) is 33.7. The number of aromatic carboxylic acids is 1. The van der Waals surface area contributed by atoms with Crippen molar-refractivity contribution in [2.45, 2.75) is 0 Å². The number of carbonyl (C=O) groups is 3. The topological polar surface area (TPSA) is 137 Å². The summed E-state index contributed by atoms with van der Waals surface area (Å²) in [5.41, 5.74) is 0.601. The Bertz CT molecular complexity index is 941. The zero-order chi connectivity index (χ0) is 19.8. The lowest BCUT2D eigenvalue weighted by Crippen LogP contribution is -2.14. The van der Waals surface area contributed by atoms with Gasteiger partial charge < -0.3 is 20.3 Å². The van der Waals surface area contributed by atoms with Gasteiger partial charge in [-0.05, 0) is 42.0 Å². The summed E-state index contributed by atoms with van der Waals surface area (Å²) in [7, 11) is 0. The van der Waals surface area contributed by atoms with Gasteiger partial charge in [0.1, 0.15) is 17.4 Å². The van der Waals surface area contributed by atoms with Crippen molar-refractivity contribution < 1.29 is 29.3 Å². The third-order valence-electron chi connectivity index (χ3n) is 3.29. The van der Waals surface area contributed by atoms with E-state index in [0.29, 0.717) is 11.3 Å². The Morgan fingerprint density at radius 2 is 1.81 bits per heavy atom. The van der Waals surface area contributed by atoms with E-state index in [1.807, 2.05) is 0 Å². The number of hydrogen-bond donors (Lipinski definition) is 3. The highest BCUT2D eigenvalue weighted by molar-refractivity contribution is 6.10. The number of carboxylic acids is 2. The van der Waals surface area contributed by atoms with E-state index in [4.69, 9.17) is 14.9 Å². The number of rotatable bonds is 7. The number of hydrogen-bond acceptors (Lipinski definition) is 5.